The Morgan fingerprint density at radius 1 is 1.45 bits per heavy atom. The molecule has 2 aromatic heterocycles. The van der Waals surface area contributed by atoms with Crippen LogP contribution < -0.4 is 5.32 Å². The van der Waals surface area contributed by atoms with Crippen LogP contribution in [0.5, 0.6) is 0 Å². The predicted octanol–water partition coefficient (Wildman–Crippen LogP) is 3.46. The molecule has 0 saturated heterocycles. The Labute approximate surface area is 126 Å². The molecule has 0 bridgehead atoms. The molecule has 2 rings (SSSR count). The van der Waals surface area contributed by atoms with E-state index >= 15 is 0 Å². The van der Waals surface area contributed by atoms with Gasteiger partial charge in [0, 0.05) is 22.9 Å². The van der Waals surface area contributed by atoms with Crippen LogP contribution in [0.25, 0.3) is 10.6 Å². The van der Waals surface area contributed by atoms with Crippen molar-refractivity contribution in [1.29, 1.82) is 0 Å². The van der Waals surface area contributed by atoms with E-state index < -0.39 is 12.0 Å². The molecule has 0 fully saturated rings. The number of carbonyl (C=O) groups is 1. The van der Waals surface area contributed by atoms with Crippen molar-refractivity contribution in [1.82, 2.24) is 10.3 Å². The van der Waals surface area contributed by atoms with Crippen molar-refractivity contribution in [3.05, 3.63) is 27.9 Å². The number of thiophene rings is 1. The van der Waals surface area contributed by atoms with Crippen LogP contribution in [0.3, 0.4) is 0 Å². The Balaban J connectivity index is 1.95. The van der Waals surface area contributed by atoms with Crippen molar-refractivity contribution in [3.8, 4) is 10.6 Å². The molecule has 108 valence electrons. The van der Waals surface area contributed by atoms with Crippen LogP contribution in [0.4, 0.5) is 0 Å². The van der Waals surface area contributed by atoms with Gasteiger partial charge >= 0.3 is 5.97 Å². The van der Waals surface area contributed by atoms with Gasteiger partial charge < -0.3 is 5.11 Å². The standard InChI is InChI=1S/C14H18N2O2S2/c1-9(2)5-12(14(17)18)15-6-11-8-20-13(16-11)10-3-4-19-7-10/h3-4,7-9,12,15H,5-6H2,1-2H3,(H,17,18). The average molecular weight is 310 g/mol. The molecule has 0 spiro atoms. The highest BCUT2D eigenvalue weighted by molar-refractivity contribution is 7.14. The smallest absolute Gasteiger partial charge is 0.320 e. The van der Waals surface area contributed by atoms with Gasteiger partial charge in [0.05, 0.1) is 5.69 Å². The minimum atomic E-state index is -0.799. The van der Waals surface area contributed by atoms with Crippen molar-refractivity contribution in [3.63, 3.8) is 0 Å². The highest BCUT2D eigenvalue weighted by Crippen LogP contribution is 2.25. The lowest BCUT2D eigenvalue weighted by molar-refractivity contribution is -0.140. The molecule has 0 aliphatic rings. The summed E-state index contributed by atoms with van der Waals surface area (Å²) in [5, 5.41) is 19.3. The number of aliphatic carboxylic acids is 1. The third-order valence-corrected chi connectivity index (χ3v) is 4.48. The quantitative estimate of drug-likeness (QED) is 0.822. The van der Waals surface area contributed by atoms with Crippen LogP contribution in [0.15, 0.2) is 22.2 Å². The Morgan fingerprint density at radius 2 is 2.25 bits per heavy atom. The molecule has 2 N–H and O–H groups in total. The fourth-order valence-corrected chi connectivity index (χ4v) is 3.41. The van der Waals surface area contributed by atoms with Gasteiger partial charge in [-0.25, -0.2) is 4.98 Å². The van der Waals surface area contributed by atoms with Gasteiger partial charge in [-0.3, -0.25) is 10.1 Å². The second-order valence-electron chi connectivity index (χ2n) is 5.06. The van der Waals surface area contributed by atoms with E-state index in [1.165, 1.54) is 0 Å². The van der Waals surface area contributed by atoms with Crippen LogP contribution in [-0.2, 0) is 11.3 Å². The topological polar surface area (TPSA) is 62.2 Å². The first-order chi connectivity index (χ1) is 9.56. The van der Waals surface area contributed by atoms with E-state index in [1.54, 1.807) is 22.7 Å². The summed E-state index contributed by atoms with van der Waals surface area (Å²) in [5.74, 6) is -0.451. The number of hydrogen-bond donors (Lipinski definition) is 2. The first-order valence-electron chi connectivity index (χ1n) is 6.49. The summed E-state index contributed by atoms with van der Waals surface area (Å²) in [6.07, 6.45) is 0.622. The molecule has 0 aliphatic carbocycles. The normalized spacial score (nSPS) is 12.8. The zero-order valence-corrected chi connectivity index (χ0v) is 13.1. The molecule has 2 heterocycles. The number of carboxylic acid groups (broad SMARTS) is 1. The summed E-state index contributed by atoms with van der Waals surface area (Å²) < 4.78 is 0. The maximum Gasteiger partial charge on any atom is 0.320 e. The summed E-state index contributed by atoms with van der Waals surface area (Å²) in [5.41, 5.74) is 2.02. The third kappa shape index (κ3) is 4.13. The average Bonchev–Trinajstić information content (AvgIpc) is 3.03. The molecular weight excluding hydrogens is 292 g/mol. The van der Waals surface area contributed by atoms with E-state index in [-0.39, 0.29) is 0 Å². The van der Waals surface area contributed by atoms with Gasteiger partial charge in [-0.15, -0.1) is 11.3 Å². The summed E-state index contributed by atoms with van der Waals surface area (Å²) in [4.78, 5) is 15.7. The van der Waals surface area contributed by atoms with Gasteiger partial charge in [0.1, 0.15) is 11.0 Å². The van der Waals surface area contributed by atoms with E-state index in [4.69, 9.17) is 0 Å². The monoisotopic (exact) mass is 310 g/mol. The largest absolute Gasteiger partial charge is 0.480 e. The number of hydrogen-bond acceptors (Lipinski definition) is 5. The SMILES string of the molecule is CC(C)CC(NCc1csc(-c2ccsc2)n1)C(=O)O. The van der Waals surface area contributed by atoms with Crippen molar-refractivity contribution in [2.75, 3.05) is 0 Å². The maximum absolute atomic E-state index is 11.2. The van der Waals surface area contributed by atoms with Gasteiger partial charge in [-0.2, -0.15) is 11.3 Å². The molecule has 1 atom stereocenters. The Bertz CT molecular complexity index is 549. The Kier molecular flexibility index (Phi) is 5.28. The number of thiazole rings is 1. The number of nitrogens with one attached hydrogen (secondary N) is 1. The number of rotatable bonds is 7. The summed E-state index contributed by atoms with van der Waals surface area (Å²) in [6, 6.07) is 1.53. The molecule has 2 aromatic rings. The Morgan fingerprint density at radius 3 is 2.85 bits per heavy atom. The first-order valence-corrected chi connectivity index (χ1v) is 8.31. The molecule has 6 heteroatoms. The molecule has 0 saturated carbocycles. The lowest BCUT2D eigenvalue weighted by atomic mass is 10.0. The van der Waals surface area contributed by atoms with Gasteiger partial charge in [0.15, 0.2) is 0 Å². The summed E-state index contributed by atoms with van der Waals surface area (Å²) in [7, 11) is 0. The minimum absolute atomic E-state index is 0.348. The summed E-state index contributed by atoms with van der Waals surface area (Å²) in [6.45, 7) is 4.54. The summed E-state index contributed by atoms with van der Waals surface area (Å²) >= 11 is 3.24. The number of aromatic nitrogens is 1. The molecule has 1 unspecified atom stereocenters. The molecule has 0 amide bonds. The van der Waals surface area contributed by atoms with Crippen molar-refractivity contribution in [2.24, 2.45) is 5.92 Å². The van der Waals surface area contributed by atoms with E-state index in [0.29, 0.717) is 18.9 Å². The van der Waals surface area contributed by atoms with Crippen LogP contribution in [0, 0.1) is 5.92 Å². The molecule has 20 heavy (non-hydrogen) atoms. The molecule has 0 radical (unpaired) electrons. The minimum Gasteiger partial charge on any atom is -0.480 e. The lowest BCUT2D eigenvalue weighted by Crippen LogP contribution is -2.37. The fourth-order valence-electron chi connectivity index (χ4n) is 1.88. The van der Waals surface area contributed by atoms with E-state index in [2.05, 4.69) is 15.7 Å². The number of nitrogens with zero attached hydrogens (tertiary/aromatic N) is 1. The zero-order valence-electron chi connectivity index (χ0n) is 11.5. The zero-order chi connectivity index (χ0) is 14.5. The van der Waals surface area contributed by atoms with Gasteiger partial charge in [-0.05, 0) is 23.8 Å². The second-order valence-corrected chi connectivity index (χ2v) is 6.70. The van der Waals surface area contributed by atoms with Crippen LogP contribution in [0.1, 0.15) is 26.0 Å². The third-order valence-electron chi connectivity index (χ3n) is 2.85. The molecule has 0 aromatic carbocycles. The van der Waals surface area contributed by atoms with Crippen LogP contribution >= 0.6 is 22.7 Å². The van der Waals surface area contributed by atoms with E-state index in [9.17, 15) is 9.90 Å². The predicted molar refractivity (Wildman–Crippen MR) is 83.1 cm³/mol. The van der Waals surface area contributed by atoms with Gasteiger partial charge in [0.2, 0.25) is 0 Å². The van der Waals surface area contributed by atoms with E-state index in [0.717, 1.165) is 16.3 Å². The van der Waals surface area contributed by atoms with Gasteiger partial charge in [0.25, 0.3) is 0 Å². The van der Waals surface area contributed by atoms with Crippen molar-refractivity contribution in [2.45, 2.75) is 32.9 Å². The van der Waals surface area contributed by atoms with Crippen molar-refractivity contribution >= 4 is 28.6 Å². The van der Waals surface area contributed by atoms with Crippen LogP contribution in [-0.4, -0.2) is 22.1 Å². The Hall–Kier alpha value is -1.24. The number of carboxylic acids is 1. The van der Waals surface area contributed by atoms with Crippen molar-refractivity contribution < 1.29 is 9.90 Å². The highest BCUT2D eigenvalue weighted by atomic mass is 32.1. The molecule has 4 nitrogen and oxygen atoms in total. The first kappa shape index (κ1) is 15.2. The van der Waals surface area contributed by atoms with Crippen LogP contribution in [0.2, 0.25) is 0 Å². The highest BCUT2D eigenvalue weighted by Gasteiger charge is 2.18. The maximum atomic E-state index is 11.2. The lowest BCUT2D eigenvalue weighted by Gasteiger charge is -2.15. The molecular formula is C14H18N2O2S2. The second kappa shape index (κ2) is 6.97. The molecule has 0 aliphatic heterocycles. The van der Waals surface area contributed by atoms with Gasteiger partial charge in [-0.1, -0.05) is 13.8 Å². The van der Waals surface area contributed by atoms with E-state index in [1.807, 2.05) is 30.7 Å². The fraction of sp³-hybridized carbons (Fsp3) is 0.429.